The average Bonchev–Trinajstić information content (AvgIpc) is 3.24. The number of fused-ring (bicyclic) bond motifs is 3. The number of aromatic nitrogens is 1. The first-order chi connectivity index (χ1) is 16.0. The molecule has 2 aliphatic rings. The van der Waals surface area contributed by atoms with E-state index in [4.69, 9.17) is 25.2 Å². The van der Waals surface area contributed by atoms with Crippen LogP contribution < -0.4 is 0 Å². The van der Waals surface area contributed by atoms with Gasteiger partial charge in [-0.1, -0.05) is 18.2 Å². The number of carboxylic acid groups (broad SMARTS) is 3. The third kappa shape index (κ3) is 5.72. The number of para-hydroxylation sites is 1. The Kier molecular flexibility index (Phi) is 7.57. The first kappa shape index (κ1) is 25.2. The molecule has 0 spiro atoms. The lowest BCUT2D eigenvalue weighted by Crippen LogP contribution is -2.43. The van der Waals surface area contributed by atoms with Gasteiger partial charge in [0.05, 0.1) is 18.4 Å². The second kappa shape index (κ2) is 10.2. The highest BCUT2D eigenvalue weighted by molar-refractivity contribution is 6.04. The molecular weight excluding hydrogens is 448 g/mol. The van der Waals surface area contributed by atoms with Crippen molar-refractivity contribution in [2.24, 2.45) is 0 Å². The normalized spacial score (nSPS) is 22.0. The van der Waals surface area contributed by atoms with Gasteiger partial charge in [-0.15, -0.1) is 0 Å². The number of aliphatic carboxylic acids is 3. The maximum atomic E-state index is 12.4. The molecule has 2 atom stereocenters. The molecule has 2 bridgehead atoms. The molecular formula is C23H28N2O9. The summed E-state index contributed by atoms with van der Waals surface area (Å²) in [6.07, 6.45) is 3.96. The van der Waals surface area contributed by atoms with E-state index in [1.807, 2.05) is 24.3 Å². The molecule has 0 radical (unpaired) electrons. The first-order valence-corrected chi connectivity index (χ1v) is 10.9. The lowest BCUT2D eigenvalue weighted by atomic mass is 9.96. The van der Waals surface area contributed by atoms with Crippen LogP contribution in [0.1, 0.15) is 48.9 Å². The Labute approximate surface area is 194 Å². The molecule has 1 aromatic heterocycles. The fourth-order valence-corrected chi connectivity index (χ4v) is 4.63. The summed E-state index contributed by atoms with van der Waals surface area (Å²) in [5.74, 6) is -5.21. The van der Waals surface area contributed by atoms with E-state index in [1.54, 1.807) is 6.20 Å². The number of benzene rings is 1. The number of esters is 1. The summed E-state index contributed by atoms with van der Waals surface area (Å²) >= 11 is 0. The van der Waals surface area contributed by atoms with Crippen LogP contribution in [0.3, 0.4) is 0 Å². The number of ether oxygens (including phenoxy) is 1. The predicted molar refractivity (Wildman–Crippen MR) is 118 cm³/mol. The quantitative estimate of drug-likeness (QED) is 0.369. The molecule has 11 nitrogen and oxygen atoms in total. The van der Waals surface area contributed by atoms with Gasteiger partial charge >= 0.3 is 23.9 Å². The molecule has 0 unspecified atom stereocenters. The minimum atomic E-state index is -2.74. The fraction of sp³-hybridized carbons (Fsp3) is 0.478. The molecule has 3 heterocycles. The van der Waals surface area contributed by atoms with E-state index < -0.39 is 36.4 Å². The standard InChI is InChI=1S/C17H20N2O2.C6H8O7/c1-19-11-6-7-12(19)9-13(8-11)21-17(20)15-10-18-16-5-3-2-4-14(15)16;7-3(8)1-6(13,5(11)12)2-4(9)10/h2-5,10-13,18H,6-9H2,1H3;13H,1-2H2,(H,7,8)(H,9,10)(H,11,12)/t11-,12-;/m0./s1. The lowest BCUT2D eigenvalue weighted by molar-refractivity contribution is -0.170. The van der Waals surface area contributed by atoms with Crippen LogP contribution in [0.5, 0.6) is 0 Å². The van der Waals surface area contributed by atoms with Crippen molar-refractivity contribution in [3.05, 3.63) is 36.0 Å². The van der Waals surface area contributed by atoms with Crippen molar-refractivity contribution in [1.29, 1.82) is 0 Å². The monoisotopic (exact) mass is 476 g/mol. The fourth-order valence-electron chi connectivity index (χ4n) is 4.63. The zero-order chi connectivity index (χ0) is 25.0. The van der Waals surface area contributed by atoms with Crippen LogP contribution in [0.2, 0.25) is 0 Å². The number of hydrogen-bond acceptors (Lipinski definition) is 7. The zero-order valence-electron chi connectivity index (χ0n) is 18.6. The van der Waals surface area contributed by atoms with Crippen molar-refractivity contribution >= 4 is 34.8 Å². The number of carboxylic acids is 3. The van der Waals surface area contributed by atoms with Crippen LogP contribution in [0.4, 0.5) is 0 Å². The first-order valence-electron chi connectivity index (χ1n) is 10.9. The lowest BCUT2D eigenvalue weighted by Gasteiger charge is -2.35. The number of hydrogen-bond donors (Lipinski definition) is 5. The van der Waals surface area contributed by atoms with Gasteiger partial charge in [-0.25, -0.2) is 9.59 Å². The summed E-state index contributed by atoms with van der Waals surface area (Å²) in [6, 6.07) is 9.02. The number of aliphatic hydroxyl groups is 1. The minimum Gasteiger partial charge on any atom is -0.481 e. The SMILES string of the molecule is CN1[C@H]2CC[C@H]1CC(OC(=O)c1c[nH]c3ccccc13)C2.O=C(O)CC(O)(CC(=O)O)C(=O)O. The van der Waals surface area contributed by atoms with Gasteiger partial charge < -0.3 is 35.0 Å². The van der Waals surface area contributed by atoms with E-state index in [0.29, 0.717) is 17.6 Å². The Bertz CT molecular complexity index is 1050. The predicted octanol–water partition coefficient (Wildman–Crippen LogP) is 1.70. The van der Waals surface area contributed by atoms with Crippen LogP contribution in [-0.4, -0.2) is 85.0 Å². The average molecular weight is 476 g/mol. The maximum Gasteiger partial charge on any atom is 0.340 e. The summed E-state index contributed by atoms with van der Waals surface area (Å²) in [6.45, 7) is 0. The summed E-state index contributed by atoms with van der Waals surface area (Å²) in [7, 11) is 2.19. The highest BCUT2D eigenvalue weighted by Gasteiger charge is 2.41. The van der Waals surface area contributed by atoms with E-state index in [2.05, 4.69) is 16.9 Å². The summed E-state index contributed by atoms with van der Waals surface area (Å²) in [4.78, 5) is 48.5. The summed E-state index contributed by atoms with van der Waals surface area (Å²) in [5, 5.41) is 34.8. The largest absolute Gasteiger partial charge is 0.481 e. The molecule has 2 fully saturated rings. The smallest absolute Gasteiger partial charge is 0.340 e. The number of rotatable bonds is 7. The van der Waals surface area contributed by atoms with Crippen LogP contribution >= 0.6 is 0 Å². The zero-order valence-corrected chi connectivity index (χ0v) is 18.6. The maximum absolute atomic E-state index is 12.4. The van der Waals surface area contributed by atoms with Crippen molar-refractivity contribution in [1.82, 2.24) is 9.88 Å². The summed E-state index contributed by atoms with van der Waals surface area (Å²) in [5.41, 5.74) is -1.11. The number of nitrogens with zero attached hydrogens (tertiary/aromatic N) is 1. The molecule has 0 amide bonds. The van der Waals surface area contributed by atoms with Crippen molar-refractivity contribution in [2.45, 2.75) is 62.3 Å². The Balaban J connectivity index is 0.000000218. The third-order valence-electron chi connectivity index (χ3n) is 6.42. The van der Waals surface area contributed by atoms with Crippen molar-refractivity contribution < 1.29 is 44.3 Å². The van der Waals surface area contributed by atoms with Gasteiger partial charge in [0.1, 0.15) is 6.10 Å². The Morgan fingerprint density at radius 3 is 2.12 bits per heavy atom. The topological polar surface area (TPSA) is 177 Å². The number of nitrogens with one attached hydrogen (secondary N) is 1. The highest BCUT2D eigenvalue weighted by atomic mass is 16.5. The van der Waals surface area contributed by atoms with Gasteiger partial charge in [0.2, 0.25) is 0 Å². The van der Waals surface area contributed by atoms with Crippen molar-refractivity contribution in [3.8, 4) is 0 Å². The molecule has 2 aromatic rings. The molecule has 184 valence electrons. The Hall–Kier alpha value is -3.44. The van der Waals surface area contributed by atoms with Crippen LogP contribution in [-0.2, 0) is 19.1 Å². The molecule has 5 N–H and O–H groups in total. The number of aromatic amines is 1. The van der Waals surface area contributed by atoms with Crippen LogP contribution in [0, 0.1) is 0 Å². The van der Waals surface area contributed by atoms with E-state index >= 15 is 0 Å². The van der Waals surface area contributed by atoms with E-state index in [1.165, 1.54) is 12.8 Å². The molecule has 0 aliphatic carbocycles. The van der Waals surface area contributed by atoms with Gasteiger partial charge in [-0.3, -0.25) is 9.59 Å². The minimum absolute atomic E-state index is 0.0693. The van der Waals surface area contributed by atoms with Gasteiger partial charge in [-0.05, 0) is 26.0 Å². The third-order valence-corrected chi connectivity index (χ3v) is 6.42. The number of carbonyl (C=O) groups is 4. The molecule has 2 saturated heterocycles. The number of H-pyrrole nitrogens is 1. The number of piperidine rings is 1. The molecule has 34 heavy (non-hydrogen) atoms. The van der Waals surface area contributed by atoms with E-state index in [9.17, 15) is 19.2 Å². The van der Waals surface area contributed by atoms with Crippen molar-refractivity contribution in [3.63, 3.8) is 0 Å². The van der Waals surface area contributed by atoms with Gasteiger partial charge in [0, 0.05) is 42.0 Å². The molecule has 4 rings (SSSR count). The van der Waals surface area contributed by atoms with Gasteiger partial charge in [0.25, 0.3) is 0 Å². The van der Waals surface area contributed by atoms with Crippen LogP contribution in [0.15, 0.2) is 30.5 Å². The summed E-state index contributed by atoms with van der Waals surface area (Å²) < 4.78 is 5.79. The second-order valence-electron chi connectivity index (χ2n) is 8.77. The highest BCUT2D eigenvalue weighted by Crippen LogP contribution is 2.36. The number of carbonyl (C=O) groups excluding carboxylic acids is 1. The van der Waals surface area contributed by atoms with E-state index in [0.717, 1.165) is 23.7 Å². The van der Waals surface area contributed by atoms with E-state index in [-0.39, 0.29) is 12.1 Å². The second-order valence-corrected chi connectivity index (χ2v) is 8.77. The van der Waals surface area contributed by atoms with Gasteiger partial charge in [-0.2, -0.15) is 0 Å². The van der Waals surface area contributed by atoms with Gasteiger partial charge in [0.15, 0.2) is 5.60 Å². The molecule has 2 aliphatic heterocycles. The Morgan fingerprint density at radius 1 is 1.03 bits per heavy atom. The van der Waals surface area contributed by atoms with Crippen LogP contribution in [0.25, 0.3) is 10.9 Å². The molecule has 11 heteroatoms. The molecule has 1 aromatic carbocycles. The molecule has 0 saturated carbocycles. The van der Waals surface area contributed by atoms with Crippen molar-refractivity contribution in [2.75, 3.05) is 7.05 Å². The Morgan fingerprint density at radius 2 is 1.59 bits per heavy atom.